The van der Waals surface area contributed by atoms with Crippen molar-refractivity contribution in [2.45, 2.75) is 19.8 Å². The Balaban J connectivity index is 2.00. The van der Waals surface area contributed by atoms with Crippen molar-refractivity contribution in [1.29, 1.82) is 0 Å². The van der Waals surface area contributed by atoms with Gasteiger partial charge in [-0.15, -0.1) is 0 Å². The molecule has 0 saturated heterocycles. The molecular formula is C14H17FN4O. The number of halogens is 1. The number of carbonyl (C=O) groups is 1. The first-order valence-corrected chi connectivity index (χ1v) is 6.62. The summed E-state index contributed by atoms with van der Waals surface area (Å²) in [5, 5.41) is 6.45. The molecular weight excluding hydrogens is 259 g/mol. The molecule has 0 bridgehead atoms. The molecule has 1 heterocycles. The fraction of sp³-hybridized carbons (Fsp3) is 0.357. The van der Waals surface area contributed by atoms with Gasteiger partial charge in [-0.2, -0.15) is 0 Å². The lowest BCUT2D eigenvalue weighted by Gasteiger charge is -2.08. The molecule has 0 aliphatic heterocycles. The standard InChI is InChI=1S/C14H17FN4O/c1-2-7-16-12(20)6-8-17-14-10-4-3-5-11(15)13(10)18-9-19-14/h3-5,9H,2,6-8H2,1H3,(H,16,20)(H,17,18,19). The minimum absolute atomic E-state index is 0.0103. The van der Waals surface area contributed by atoms with Gasteiger partial charge in [0.15, 0.2) is 0 Å². The summed E-state index contributed by atoms with van der Waals surface area (Å²) in [6.07, 6.45) is 2.57. The first-order chi connectivity index (χ1) is 9.72. The molecule has 2 aromatic rings. The molecule has 0 fully saturated rings. The lowest BCUT2D eigenvalue weighted by atomic mass is 10.2. The van der Waals surface area contributed by atoms with Crippen LogP contribution >= 0.6 is 0 Å². The SMILES string of the molecule is CCCNC(=O)CCNc1ncnc2c(F)cccc12. The number of fused-ring (bicyclic) bond motifs is 1. The second kappa shape index (κ2) is 6.79. The van der Waals surface area contributed by atoms with E-state index in [-0.39, 0.29) is 17.2 Å². The van der Waals surface area contributed by atoms with Crippen molar-refractivity contribution in [2.75, 3.05) is 18.4 Å². The predicted molar refractivity (Wildman–Crippen MR) is 75.9 cm³/mol. The summed E-state index contributed by atoms with van der Waals surface area (Å²) >= 11 is 0. The Morgan fingerprint density at radius 3 is 2.95 bits per heavy atom. The molecule has 0 aliphatic rings. The van der Waals surface area contributed by atoms with E-state index in [4.69, 9.17) is 0 Å². The predicted octanol–water partition coefficient (Wildman–Crippen LogP) is 2.10. The molecule has 2 rings (SSSR count). The van der Waals surface area contributed by atoms with E-state index in [0.717, 1.165) is 6.42 Å². The molecule has 6 heteroatoms. The lowest BCUT2D eigenvalue weighted by Crippen LogP contribution is -2.26. The van der Waals surface area contributed by atoms with Gasteiger partial charge in [-0.25, -0.2) is 14.4 Å². The highest BCUT2D eigenvalue weighted by molar-refractivity contribution is 5.89. The van der Waals surface area contributed by atoms with Crippen molar-refractivity contribution in [2.24, 2.45) is 0 Å². The molecule has 0 aliphatic carbocycles. The van der Waals surface area contributed by atoms with Crippen molar-refractivity contribution >= 4 is 22.6 Å². The topological polar surface area (TPSA) is 66.9 Å². The zero-order valence-corrected chi connectivity index (χ0v) is 11.3. The summed E-state index contributed by atoms with van der Waals surface area (Å²) in [6.45, 7) is 3.12. The normalized spacial score (nSPS) is 10.5. The number of rotatable bonds is 6. The van der Waals surface area contributed by atoms with Crippen LogP contribution in [0.25, 0.3) is 10.9 Å². The third-order valence-electron chi connectivity index (χ3n) is 2.83. The Morgan fingerprint density at radius 1 is 1.30 bits per heavy atom. The number of anilines is 1. The smallest absolute Gasteiger partial charge is 0.221 e. The summed E-state index contributed by atoms with van der Waals surface area (Å²) in [7, 11) is 0. The van der Waals surface area contributed by atoms with Crippen LogP contribution in [0.1, 0.15) is 19.8 Å². The van der Waals surface area contributed by atoms with Gasteiger partial charge in [0.05, 0.1) is 0 Å². The van der Waals surface area contributed by atoms with Crippen molar-refractivity contribution in [3.05, 3.63) is 30.3 Å². The zero-order chi connectivity index (χ0) is 14.4. The molecule has 1 aromatic carbocycles. The van der Waals surface area contributed by atoms with E-state index in [1.54, 1.807) is 12.1 Å². The van der Waals surface area contributed by atoms with Crippen LogP contribution in [0.2, 0.25) is 0 Å². The fourth-order valence-electron chi connectivity index (χ4n) is 1.84. The van der Waals surface area contributed by atoms with E-state index in [1.807, 2.05) is 6.92 Å². The number of hydrogen-bond donors (Lipinski definition) is 2. The van der Waals surface area contributed by atoms with Gasteiger partial charge in [0.2, 0.25) is 5.91 Å². The average molecular weight is 276 g/mol. The molecule has 0 unspecified atom stereocenters. The molecule has 5 nitrogen and oxygen atoms in total. The highest BCUT2D eigenvalue weighted by atomic mass is 19.1. The summed E-state index contributed by atoms with van der Waals surface area (Å²) in [5.74, 6) is 0.148. The Bertz CT molecular complexity index is 603. The van der Waals surface area contributed by atoms with E-state index >= 15 is 0 Å². The van der Waals surface area contributed by atoms with E-state index in [2.05, 4.69) is 20.6 Å². The van der Waals surface area contributed by atoms with E-state index < -0.39 is 0 Å². The van der Waals surface area contributed by atoms with Gasteiger partial charge in [-0.1, -0.05) is 13.0 Å². The highest BCUT2D eigenvalue weighted by Gasteiger charge is 2.07. The maximum Gasteiger partial charge on any atom is 0.221 e. The van der Waals surface area contributed by atoms with Gasteiger partial charge < -0.3 is 10.6 Å². The summed E-state index contributed by atoms with van der Waals surface area (Å²) in [5.41, 5.74) is 0.278. The quantitative estimate of drug-likeness (QED) is 0.848. The van der Waals surface area contributed by atoms with Gasteiger partial charge in [0.25, 0.3) is 0 Å². The van der Waals surface area contributed by atoms with Crippen LogP contribution in [0.15, 0.2) is 24.5 Å². The number of carbonyl (C=O) groups excluding carboxylic acids is 1. The number of nitrogens with one attached hydrogen (secondary N) is 2. The summed E-state index contributed by atoms with van der Waals surface area (Å²) in [6, 6.07) is 4.72. The maximum atomic E-state index is 13.6. The molecule has 1 aromatic heterocycles. The molecule has 0 saturated carbocycles. The fourth-order valence-corrected chi connectivity index (χ4v) is 1.84. The van der Waals surface area contributed by atoms with Gasteiger partial charge >= 0.3 is 0 Å². The highest BCUT2D eigenvalue weighted by Crippen LogP contribution is 2.20. The van der Waals surface area contributed by atoms with Crippen molar-refractivity contribution in [3.8, 4) is 0 Å². The molecule has 20 heavy (non-hydrogen) atoms. The summed E-state index contributed by atoms with van der Waals surface area (Å²) in [4.78, 5) is 19.5. The lowest BCUT2D eigenvalue weighted by molar-refractivity contribution is -0.120. The van der Waals surface area contributed by atoms with Crippen molar-refractivity contribution in [1.82, 2.24) is 15.3 Å². The van der Waals surface area contributed by atoms with Crippen LogP contribution in [-0.4, -0.2) is 29.0 Å². The second-order valence-corrected chi connectivity index (χ2v) is 4.39. The first kappa shape index (κ1) is 14.2. The molecule has 1 amide bonds. The van der Waals surface area contributed by atoms with E-state index in [1.165, 1.54) is 12.4 Å². The Morgan fingerprint density at radius 2 is 2.15 bits per heavy atom. The van der Waals surface area contributed by atoms with Gasteiger partial charge in [0, 0.05) is 24.9 Å². The molecule has 0 radical (unpaired) electrons. The van der Waals surface area contributed by atoms with Crippen LogP contribution in [0.5, 0.6) is 0 Å². The van der Waals surface area contributed by atoms with E-state index in [0.29, 0.717) is 30.7 Å². The largest absolute Gasteiger partial charge is 0.369 e. The van der Waals surface area contributed by atoms with Crippen LogP contribution in [0, 0.1) is 5.82 Å². The van der Waals surface area contributed by atoms with Gasteiger partial charge in [-0.3, -0.25) is 4.79 Å². The average Bonchev–Trinajstić information content (AvgIpc) is 2.46. The Hall–Kier alpha value is -2.24. The van der Waals surface area contributed by atoms with Gasteiger partial charge in [0.1, 0.15) is 23.5 Å². The number of hydrogen-bond acceptors (Lipinski definition) is 4. The minimum Gasteiger partial charge on any atom is -0.369 e. The second-order valence-electron chi connectivity index (χ2n) is 4.39. The number of amides is 1. The number of benzene rings is 1. The van der Waals surface area contributed by atoms with Gasteiger partial charge in [-0.05, 0) is 18.6 Å². The van der Waals surface area contributed by atoms with Crippen LogP contribution in [0.4, 0.5) is 10.2 Å². The number of aromatic nitrogens is 2. The Labute approximate surface area is 116 Å². The molecule has 106 valence electrons. The number of para-hydroxylation sites is 1. The van der Waals surface area contributed by atoms with Crippen LogP contribution in [-0.2, 0) is 4.79 Å². The minimum atomic E-state index is -0.381. The third kappa shape index (κ3) is 3.40. The zero-order valence-electron chi connectivity index (χ0n) is 11.3. The maximum absolute atomic E-state index is 13.6. The van der Waals surface area contributed by atoms with Crippen LogP contribution < -0.4 is 10.6 Å². The van der Waals surface area contributed by atoms with Crippen LogP contribution in [0.3, 0.4) is 0 Å². The summed E-state index contributed by atoms with van der Waals surface area (Å²) < 4.78 is 13.6. The van der Waals surface area contributed by atoms with E-state index in [9.17, 15) is 9.18 Å². The Kier molecular flexibility index (Phi) is 4.81. The third-order valence-corrected chi connectivity index (χ3v) is 2.83. The first-order valence-electron chi connectivity index (χ1n) is 6.62. The number of nitrogens with zero attached hydrogens (tertiary/aromatic N) is 2. The molecule has 0 spiro atoms. The monoisotopic (exact) mass is 276 g/mol. The van der Waals surface area contributed by atoms with Crippen molar-refractivity contribution < 1.29 is 9.18 Å². The molecule has 2 N–H and O–H groups in total. The molecule has 0 atom stereocenters. The van der Waals surface area contributed by atoms with Crippen molar-refractivity contribution in [3.63, 3.8) is 0 Å².